The predicted molar refractivity (Wildman–Crippen MR) is 151 cm³/mol. The molecule has 0 spiro atoms. The van der Waals surface area contributed by atoms with E-state index < -0.39 is 57.8 Å². The lowest BCUT2D eigenvalue weighted by molar-refractivity contribution is 0.396. The average Bonchev–Trinajstić information content (AvgIpc) is 2.95. The number of phenolic OH excluding ortho intramolecular Hbond substituents is 10. The third-order valence-electron chi connectivity index (χ3n) is 7.12. The Morgan fingerprint density at radius 2 is 0.595 bits per heavy atom. The predicted octanol–water partition coefficient (Wildman–Crippen LogP) is 5.10. The lowest BCUT2D eigenvalue weighted by Gasteiger charge is -2.25. The molecule has 0 unspecified atom stereocenters. The fraction of sp³-hybridized carbons (Fsp3) is 0.0625. The number of benzene rings is 5. The lowest BCUT2D eigenvalue weighted by Crippen LogP contribution is -2.08. The zero-order valence-electron chi connectivity index (χ0n) is 21.7. The fourth-order valence-electron chi connectivity index (χ4n) is 5.06. The SMILES string of the molecule is Oc1ccc(C(c2ccc(O)c(O)c2)c2cc(O)c(O)c(C(c3ccc(O)c(O)c3)c3ccc(O)c(O)c3)c2)cc1O. The molecule has 0 saturated heterocycles. The van der Waals surface area contributed by atoms with E-state index in [1.54, 1.807) is 0 Å². The second-order valence-corrected chi connectivity index (χ2v) is 9.84. The molecule has 10 N–H and O–H groups in total. The second-order valence-electron chi connectivity index (χ2n) is 9.84. The molecule has 0 fully saturated rings. The maximum Gasteiger partial charge on any atom is 0.161 e. The molecule has 5 rings (SSSR count). The van der Waals surface area contributed by atoms with Crippen LogP contribution in [0.25, 0.3) is 0 Å². The molecule has 0 amide bonds. The Labute approximate surface area is 238 Å². The second kappa shape index (κ2) is 10.6. The largest absolute Gasteiger partial charge is 0.504 e. The Kier molecular flexibility index (Phi) is 6.97. The monoisotopic (exact) mass is 570 g/mol. The maximum absolute atomic E-state index is 11.1. The van der Waals surface area contributed by atoms with Crippen LogP contribution >= 0.6 is 0 Å². The summed E-state index contributed by atoms with van der Waals surface area (Å²) in [4.78, 5) is 0. The summed E-state index contributed by atoms with van der Waals surface area (Å²) in [5, 5.41) is 103. The van der Waals surface area contributed by atoms with E-state index in [-0.39, 0.29) is 17.1 Å². The van der Waals surface area contributed by atoms with E-state index in [0.29, 0.717) is 27.8 Å². The Morgan fingerprint density at radius 3 is 0.929 bits per heavy atom. The van der Waals surface area contributed by atoms with E-state index in [0.717, 1.165) is 0 Å². The minimum atomic E-state index is -0.976. The van der Waals surface area contributed by atoms with Crippen LogP contribution in [0.5, 0.6) is 57.5 Å². The van der Waals surface area contributed by atoms with Gasteiger partial charge in [-0.3, -0.25) is 0 Å². The zero-order chi connectivity index (χ0) is 30.3. The summed E-state index contributed by atoms with van der Waals surface area (Å²) >= 11 is 0. The van der Waals surface area contributed by atoms with E-state index in [9.17, 15) is 51.1 Å². The van der Waals surface area contributed by atoms with Gasteiger partial charge >= 0.3 is 0 Å². The van der Waals surface area contributed by atoms with Gasteiger partial charge in [0.25, 0.3) is 0 Å². The molecule has 0 aliphatic rings. The quantitative estimate of drug-likeness (QED) is 0.0966. The first-order valence-corrected chi connectivity index (χ1v) is 12.6. The van der Waals surface area contributed by atoms with Crippen molar-refractivity contribution in [3.05, 3.63) is 118 Å². The first-order chi connectivity index (χ1) is 19.9. The van der Waals surface area contributed by atoms with Crippen molar-refractivity contribution in [3.63, 3.8) is 0 Å². The molecule has 10 nitrogen and oxygen atoms in total. The van der Waals surface area contributed by atoms with E-state index >= 15 is 0 Å². The van der Waals surface area contributed by atoms with Crippen molar-refractivity contribution < 1.29 is 51.1 Å². The number of hydrogen-bond acceptors (Lipinski definition) is 10. The topological polar surface area (TPSA) is 202 Å². The van der Waals surface area contributed by atoms with Crippen LogP contribution in [0.3, 0.4) is 0 Å². The molecule has 5 aromatic carbocycles. The standard InChI is InChI=1S/C32H26O10/c33-21-5-1-15(10-25(21)37)30(16-2-6-22(34)26(38)11-16)19-9-20(32(42)29(41)14-19)31(17-3-7-23(35)27(39)12-17)18-4-8-24(36)28(40)13-18/h1-14,30-31,33-42H. The highest BCUT2D eigenvalue weighted by Crippen LogP contribution is 2.47. The van der Waals surface area contributed by atoms with Crippen molar-refractivity contribution >= 4 is 0 Å². The fourth-order valence-corrected chi connectivity index (χ4v) is 5.06. The van der Waals surface area contributed by atoms with Gasteiger partial charge in [-0.15, -0.1) is 0 Å². The molecular formula is C32H26O10. The van der Waals surface area contributed by atoms with Gasteiger partial charge in [0.05, 0.1) is 0 Å². The third kappa shape index (κ3) is 5.04. The minimum Gasteiger partial charge on any atom is -0.504 e. The summed E-state index contributed by atoms with van der Waals surface area (Å²) in [6, 6.07) is 18.9. The van der Waals surface area contributed by atoms with Crippen molar-refractivity contribution in [3.8, 4) is 57.5 Å². The van der Waals surface area contributed by atoms with Gasteiger partial charge in [-0.1, -0.05) is 24.3 Å². The summed E-state index contributed by atoms with van der Waals surface area (Å²) in [7, 11) is 0. The van der Waals surface area contributed by atoms with Crippen LogP contribution in [0, 0.1) is 0 Å². The van der Waals surface area contributed by atoms with Gasteiger partial charge in [-0.05, 0) is 88.5 Å². The van der Waals surface area contributed by atoms with Crippen LogP contribution in [0.2, 0.25) is 0 Å². The summed E-state index contributed by atoms with van der Waals surface area (Å²) in [5.41, 5.74) is 1.93. The van der Waals surface area contributed by atoms with Crippen molar-refractivity contribution in [2.24, 2.45) is 0 Å². The molecule has 214 valence electrons. The molecule has 0 heterocycles. The summed E-state index contributed by atoms with van der Waals surface area (Å²) in [5.74, 6) is -6.22. The van der Waals surface area contributed by atoms with Crippen LogP contribution < -0.4 is 0 Å². The number of phenols is 10. The molecule has 0 saturated carbocycles. The van der Waals surface area contributed by atoms with Crippen molar-refractivity contribution in [1.82, 2.24) is 0 Å². The van der Waals surface area contributed by atoms with Crippen LogP contribution in [-0.4, -0.2) is 51.1 Å². The van der Waals surface area contributed by atoms with Gasteiger partial charge in [0.1, 0.15) is 0 Å². The van der Waals surface area contributed by atoms with Crippen molar-refractivity contribution in [2.75, 3.05) is 0 Å². The minimum absolute atomic E-state index is 0.0937. The molecule has 0 bridgehead atoms. The first-order valence-electron chi connectivity index (χ1n) is 12.6. The molecular weight excluding hydrogens is 544 g/mol. The highest BCUT2D eigenvalue weighted by Gasteiger charge is 2.28. The number of aromatic hydroxyl groups is 10. The van der Waals surface area contributed by atoms with Crippen LogP contribution in [0.4, 0.5) is 0 Å². The molecule has 0 aromatic heterocycles. The van der Waals surface area contributed by atoms with Crippen LogP contribution in [0.1, 0.15) is 45.2 Å². The van der Waals surface area contributed by atoms with E-state index in [4.69, 9.17) is 0 Å². The van der Waals surface area contributed by atoms with Gasteiger partial charge in [0.2, 0.25) is 0 Å². The highest BCUT2D eigenvalue weighted by molar-refractivity contribution is 5.61. The zero-order valence-corrected chi connectivity index (χ0v) is 21.7. The summed E-state index contributed by atoms with van der Waals surface area (Å²) < 4.78 is 0. The van der Waals surface area contributed by atoms with Gasteiger partial charge in [0.15, 0.2) is 57.5 Å². The normalized spacial score (nSPS) is 11.3. The van der Waals surface area contributed by atoms with Crippen molar-refractivity contribution in [2.45, 2.75) is 11.8 Å². The Balaban J connectivity index is 1.79. The molecule has 5 aromatic rings. The summed E-state index contributed by atoms with van der Waals surface area (Å²) in [6.07, 6.45) is 0. The molecule has 0 radical (unpaired) electrons. The van der Waals surface area contributed by atoms with E-state index in [1.807, 2.05) is 0 Å². The molecule has 0 aliphatic carbocycles. The molecule has 0 aliphatic heterocycles. The average molecular weight is 571 g/mol. The Hall–Kier alpha value is -5.90. The van der Waals surface area contributed by atoms with E-state index in [1.165, 1.54) is 84.9 Å². The number of hydrogen-bond donors (Lipinski definition) is 10. The Morgan fingerprint density at radius 1 is 0.286 bits per heavy atom. The Bertz CT molecular complexity index is 1710. The van der Waals surface area contributed by atoms with Crippen LogP contribution in [0.15, 0.2) is 84.9 Å². The van der Waals surface area contributed by atoms with Gasteiger partial charge < -0.3 is 51.1 Å². The first kappa shape index (κ1) is 27.7. The van der Waals surface area contributed by atoms with Gasteiger partial charge in [-0.25, -0.2) is 0 Å². The third-order valence-corrected chi connectivity index (χ3v) is 7.12. The molecule has 0 atom stereocenters. The number of rotatable bonds is 6. The van der Waals surface area contributed by atoms with Crippen LogP contribution in [-0.2, 0) is 0 Å². The highest BCUT2D eigenvalue weighted by atomic mass is 16.3. The van der Waals surface area contributed by atoms with E-state index in [2.05, 4.69) is 0 Å². The lowest BCUT2D eigenvalue weighted by atomic mass is 9.79. The van der Waals surface area contributed by atoms with Gasteiger partial charge in [0, 0.05) is 17.4 Å². The van der Waals surface area contributed by atoms with Crippen molar-refractivity contribution in [1.29, 1.82) is 0 Å². The maximum atomic E-state index is 11.1. The molecule has 42 heavy (non-hydrogen) atoms. The molecule has 10 heteroatoms. The smallest absolute Gasteiger partial charge is 0.161 e. The van der Waals surface area contributed by atoms with Gasteiger partial charge in [-0.2, -0.15) is 0 Å². The summed E-state index contributed by atoms with van der Waals surface area (Å²) in [6.45, 7) is 0.